The number of nitrogens with one attached hydrogen (secondary N) is 2. The lowest BCUT2D eigenvalue weighted by molar-refractivity contribution is -0.118. The first-order valence-electron chi connectivity index (χ1n) is 15.5. The number of benzene rings is 2. The summed E-state index contributed by atoms with van der Waals surface area (Å²) in [7, 11) is -3.34. The molecule has 1 amide bonds. The highest BCUT2D eigenvalue weighted by atomic mass is 31.2. The molecule has 2 N–H and O–H groups in total. The predicted octanol–water partition coefficient (Wildman–Crippen LogP) is 4.49. The molecule has 232 valence electrons. The normalized spacial score (nSPS) is 21.2. The maximum Gasteiger partial charge on any atom is 0.280 e. The summed E-state index contributed by atoms with van der Waals surface area (Å²) in [6.07, 6.45) is 4.56. The molecule has 12 heteroatoms. The van der Waals surface area contributed by atoms with Gasteiger partial charge in [-0.2, -0.15) is 4.98 Å². The number of imidazole rings is 1. The molecule has 4 atom stereocenters. The van der Waals surface area contributed by atoms with Gasteiger partial charge in [0.2, 0.25) is 11.9 Å². The highest BCUT2D eigenvalue weighted by Crippen LogP contribution is 2.57. The average molecular weight is 633 g/mol. The molecule has 2 aromatic carbocycles. The summed E-state index contributed by atoms with van der Waals surface area (Å²) in [5.41, 5.74) is 0.257. The summed E-state index contributed by atoms with van der Waals surface area (Å²) in [5.74, 6) is -0.346. The van der Waals surface area contributed by atoms with Crippen molar-refractivity contribution in [1.29, 1.82) is 0 Å². The van der Waals surface area contributed by atoms with Crippen molar-refractivity contribution < 1.29 is 13.8 Å². The van der Waals surface area contributed by atoms with Gasteiger partial charge in [0.1, 0.15) is 8.07 Å². The van der Waals surface area contributed by atoms with Gasteiger partial charge in [-0.05, 0) is 25.3 Å². The van der Waals surface area contributed by atoms with Gasteiger partial charge in [0, 0.05) is 18.5 Å². The largest absolute Gasteiger partial charge is 0.317 e. The second kappa shape index (κ2) is 13.0. The molecule has 0 unspecified atom stereocenters. The summed E-state index contributed by atoms with van der Waals surface area (Å²) in [4.78, 5) is 36.4. The Labute approximate surface area is 260 Å². The molecule has 10 nitrogen and oxygen atoms in total. The molecule has 4 heterocycles. The summed E-state index contributed by atoms with van der Waals surface area (Å²) >= 11 is 0. The standard InChI is InChI=1S/C32H41N6O4PSi/c1-5-23(19-37-21-33-28-29(37)34-32(36-31(28)40)35-30(39)22(2)3)41-43-38-18-12-17-26(38)27(42-43)20-44(4,24-13-8-6-9-14-24)25-15-10-7-11-16-25/h6-11,13-16,21-23,26-27H,5,12,17-20H2,1-4H3,(H2,34,35,36,39,40)/t23-,26+,27-,43+/m1/s1. The van der Waals surface area contributed by atoms with Crippen molar-refractivity contribution in [2.24, 2.45) is 5.92 Å². The van der Waals surface area contributed by atoms with Crippen LogP contribution < -0.4 is 21.2 Å². The third kappa shape index (κ3) is 6.16. The molecule has 2 fully saturated rings. The quantitative estimate of drug-likeness (QED) is 0.185. The summed E-state index contributed by atoms with van der Waals surface area (Å²) in [5, 5.41) is 5.53. The van der Waals surface area contributed by atoms with E-state index in [4.69, 9.17) is 9.05 Å². The van der Waals surface area contributed by atoms with Gasteiger partial charge in [-0.3, -0.25) is 19.9 Å². The minimum atomic E-state index is -2.10. The highest BCUT2D eigenvalue weighted by Gasteiger charge is 2.50. The molecule has 0 bridgehead atoms. The molecule has 0 spiro atoms. The minimum Gasteiger partial charge on any atom is -0.317 e. The Hall–Kier alpha value is -3.21. The average Bonchev–Trinajstić information content (AvgIpc) is 3.75. The van der Waals surface area contributed by atoms with E-state index < -0.39 is 22.2 Å². The van der Waals surface area contributed by atoms with E-state index in [9.17, 15) is 9.59 Å². The van der Waals surface area contributed by atoms with E-state index in [2.05, 4.69) is 99.1 Å². The van der Waals surface area contributed by atoms with Crippen molar-refractivity contribution in [3.05, 3.63) is 77.3 Å². The van der Waals surface area contributed by atoms with Gasteiger partial charge in [0.15, 0.2) is 11.2 Å². The molecule has 6 rings (SSSR count). The second-order valence-corrected chi connectivity index (χ2v) is 17.9. The zero-order chi connectivity index (χ0) is 30.8. The van der Waals surface area contributed by atoms with E-state index in [1.54, 1.807) is 20.2 Å². The Balaban J connectivity index is 1.21. The summed E-state index contributed by atoms with van der Waals surface area (Å²) in [6, 6.07) is 23.2. The van der Waals surface area contributed by atoms with E-state index in [1.165, 1.54) is 10.4 Å². The number of carbonyl (C=O) groups excluding carboxylic acids is 1. The Bertz CT molecular complexity index is 1610. The fraction of sp³-hybridized carbons (Fsp3) is 0.438. The molecule has 44 heavy (non-hydrogen) atoms. The molecule has 0 aliphatic carbocycles. The van der Waals surface area contributed by atoms with Crippen LogP contribution >= 0.6 is 8.53 Å². The van der Waals surface area contributed by atoms with E-state index in [0.29, 0.717) is 18.2 Å². The van der Waals surface area contributed by atoms with Crippen LogP contribution in [-0.2, 0) is 20.4 Å². The topological polar surface area (TPSA) is 114 Å². The third-order valence-electron chi connectivity index (χ3n) is 8.90. The zero-order valence-corrected chi connectivity index (χ0v) is 27.7. The minimum absolute atomic E-state index is 0.0969. The monoisotopic (exact) mass is 632 g/mol. The molecule has 0 saturated carbocycles. The number of anilines is 1. The number of aromatic nitrogens is 4. The number of aromatic amines is 1. The fourth-order valence-corrected chi connectivity index (χ4v) is 12.3. The molecule has 2 aliphatic rings. The Morgan fingerprint density at radius 3 is 2.48 bits per heavy atom. The molecular formula is C32H41N6O4PSi. The van der Waals surface area contributed by atoms with Crippen LogP contribution in [0, 0.1) is 5.92 Å². The SMILES string of the molecule is CC[C@H](Cn1cnc2c(=O)[nH]c(NC(=O)C(C)C)nc21)O[P@@]1O[C@H](C[Si](C)(c2ccccc2)c2ccccc2)[C@@H]2CCCN21. The van der Waals surface area contributed by atoms with Crippen molar-refractivity contribution in [1.82, 2.24) is 24.2 Å². The molecule has 0 radical (unpaired) electrons. The lowest BCUT2D eigenvalue weighted by atomic mass is 10.1. The predicted molar refractivity (Wildman–Crippen MR) is 177 cm³/mol. The molecule has 2 saturated heterocycles. The van der Waals surface area contributed by atoms with Crippen LogP contribution in [0.5, 0.6) is 0 Å². The highest BCUT2D eigenvalue weighted by molar-refractivity contribution is 7.45. The van der Waals surface area contributed by atoms with Crippen LogP contribution in [0.2, 0.25) is 12.6 Å². The van der Waals surface area contributed by atoms with Crippen LogP contribution in [0.15, 0.2) is 71.8 Å². The smallest absolute Gasteiger partial charge is 0.280 e. The number of hydrogen-bond donors (Lipinski definition) is 2. The lowest BCUT2D eigenvalue weighted by Gasteiger charge is -2.32. The maximum absolute atomic E-state index is 12.7. The maximum atomic E-state index is 12.7. The Morgan fingerprint density at radius 1 is 1.16 bits per heavy atom. The van der Waals surface area contributed by atoms with Gasteiger partial charge in [-0.15, -0.1) is 0 Å². The summed E-state index contributed by atoms with van der Waals surface area (Å²) < 4.78 is 17.9. The van der Waals surface area contributed by atoms with E-state index in [-0.39, 0.29) is 35.5 Å². The molecule has 2 aliphatic heterocycles. The number of amides is 1. The molecule has 2 aromatic heterocycles. The van der Waals surface area contributed by atoms with Crippen molar-refractivity contribution in [3.8, 4) is 0 Å². The van der Waals surface area contributed by atoms with Crippen LogP contribution in [-0.4, -0.2) is 63.0 Å². The van der Waals surface area contributed by atoms with Crippen LogP contribution in [0.25, 0.3) is 11.2 Å². The zero-order valence-electron chi connectivity index (χ0n) is 25.8. The number of hydrogen-bond acceptors (Lipinski definition) is 7. The summed E-state index contributed by atoms with van der Waals surface area (Å²) in [6.45, 7) is 9.57. The van der Waals surface area contributed by atoms with Gasteiger partial charge in [-0.1, -0.05) is 98.4 Å². The molecule has 4 aromatic rings. The first-order valence-corrected chi connectivity index (χ1v) is 19.4. The van der Waals surface area contributed by atoms with Crippen molar-refractivity contribution in [2.75, 3.05) is 11.9 Å². The van der Waals surface area contributed by atoms with Gasteiger partial charge < -0.3 is 13.6 Å². The Morgan fingerprint density at radius 2 is 1.84 bits per heavy atom. The fourth-order valence-electron chi connectivity index (χ4n) is 6.27. The number of carbonyl (C=O) groups is 1. The number of nitrogens with zero attached hydrogens (tertiary/aromatic N) is 4. The van der Waals surface area contributed by atoms with Gasteiger partial charge in [-0.25, -0.2) is 9.65 Å². The first kappa shape index (κ1) is 30.8. The van der Waals surface area contributed by atoms with Crippen molar-refractivity contribution >= 4 is 50.0 Å². The number of fused-ring (bicyclic) bond motifs is 2. The molecular weight excluding hydrogens is 591 g/mol. The lowest BCUT2D eigenvalue weighted by Crippen LogP contribution is -2.58. The Kier molecular flexibility index (Phi) is 9.12. The van der Waals surface area contributed by atoms with E-state index in [1.807, 2.05) is 4.57 Å². The van der Waals surface area contributed by atoms with Crippen LogP contribution in [0.1, 0.15) is 40.0 Å². The van der Waals surface area contributed by atoms with Crippen LogP contribution in [0.3, 0.4) is 0 Å². The van der Waals surface area contributed by atoms with Gasteiger partial charge in [0.05, 0.1) is 25.1 Å². The second-order valence-electron chi connectivity index (χ2n) is 12.3. The van der Waals surface area contributed by atoms with E-state index >= 15 is 0 Å². The third-order valence-corrected chi connectivity index (χ3v) is 15.2. The van der Waals surface area contributed by atoms with Crippen molar-refractivity contribution in [2.45, 2.75) is 77.4 Å². The van der Waals surface area contributed by atoms with Crippen molar-refractivity contribution in [3.63, 3.8) is 0 Å². The number of rotatable bonds is 11. The van der Waals surface area contributed by atoms with Crippen LogP contribution in [0.4, 0.5) is 5.95 Å². The first-order chi connectivity index (χ1) is 21.3. The van der Waals surface area contributed by atoms with Gasteiger partial charge >= 0.3 is 0 Å². The van der Waals surface area contributed by atoms with E-state index in [0.717, 1.165) is 31.9 Å². The van der Waals surface area contributed by atoms with Gasteiger partial charge in [0.25, 0.3) is 14.1 Å². The number of H-pyrrole nitrogens is 1.